The zero-order valence-electron chi connectivity index (χ0n) is 10.5. The van der Waals surface area contributed by atoms with Gasteiger partial charge in [-0.05, 0) is 57.9 Å². The maximum Gasteiger partial charge on any atom is 0.0991 e. The fourth-order valence-electron chi connectivity index (χ4n) is 1.82. The molecule has 0 aliphatic carbocycles. The van der Waals surface area contributed by atoms with E-state index in [9.17, 15) is 0 Å². The largest absolute Gasteiger partial charge is 0.392 e. The summed E-state index contributed by atoms with van der Waals surface area (Å²) in [5, 5.41) is 17.9. The van der Waals surface area contributed by atoms with E-state index in [1.54, 1.807) is 12.1 Å². The van der Waals surface area contributed by atoms with Gasteiger partial charge in [0.05, 0.1) is 23.9 Å². The minimum Gasteiger partial charge on any atom is -0.392 e. The molecule has 0 aromatic heterocycles. The van der Waals surface area contributed by atoms with Crippen molar-refractivity contribution in [2.45, 2.75) is 6.61 Å². The van der Waals surface area contributed by atoms with E-state index in [0.29, 0.717) is 5.56 Å². The molecular formula is C15H13BrN2O. The van der Waals surface area contributed by atoms with Crippen LogP contribution < -0.4 is 4.90 Å². The molecule has 0 bridgehead atoms. The molecule has 19 heavy (non-hydrogen) atoms. The Labute approximate surface area is 120 Å². The molecule has 0 atom stereocenters. The van der Waals surface area contributed by atoms with Gasteiger partial charge >= 0.3 is 0 Å². The number of anilines is 2. The van der Waals surface area contributed by atoms with Gasteiger partial charge in [0.15, 0.2) is 0 Å². The summed E-state index contributed by atoms with van der Waals surface area (Å²) in [5.74, 6) is 0. The van der Waals surface area contributed by atoms with Crippen LogP contribution in [0.1, 0.15) is 11.1 Å². The lowest BCUT2D eigenvalue weighted by Crippen LogP contribution is -2.10. The first-order chi connectivity index (χ1) is 9.15. The van der Waals surface area contributed by atoms with Gasteiger partial charge in [-0.2, -0.15) is 5.26 Å². The van der Waals surface area contributed by atoms with Crippen LogP contribution in [0.25, 0.3) is 0 Å². The standard InChI is InChI=1S/C15H13BrN2O/c1-18(13-5-2-11(9-17)3-6-13)15-7-4-12(10-19)8-14(15)16/h2-8,19H,10H2,1H3. The highest BCUT2D eigenvalue weighted by atomic mass is 79.9. The predicted octanol–water partition coefficient (Wildman–Crippen LogP) is 3.58. The Kier molecular flexibility index (Phi) is 4.20. The molecular weight excluding hydrogens is 304 g/mol. The maximum absolute atomic E-state index is 9.10. The van der Waals surface area contributed by atoms with Crippen molar-refractivity contribution in [3.8, 4) is 6.07 Å². The summed E-state index contributed by atoms with van der Waals surface area (Å²) < 4.78 is 0.922. The second kappa shape index (κ2) is 5.87. The summed E-state index contributed by atoms with van der Waals surface area (Å²) in [5.41, 5.74) is 3.51. The summed E-state index contributed by atoms with van der Waals surface area (Å²) in [4.78, 5) is 2.02. The molecule has 0 aliphatic heterocycles. The number of halogens is 1. The molecule has 0 aliphatic rings. The van der Waals surface area contributed by atoms with Gasteiger partial charge < -0.3 is 10.0 Å². The highest BCUT2D eigenvalue weighted by molar-refractivity contribution is 9.10. The van der Waals surface area contributed by atoms with E-state index >= 15 is 0 Å². The number of aliphatic hydroxyl groups is 1. The number of nitrogens with zero attached hydrogens (tertiary/aromatic N) is 2. The lowest BCUT2D eigenvalue weighted by atomic mass is 10.1. The molecule has 2 aromatic rings. The number of benzene rings is 2. The monoisotopic (exact) mass is 316 g/mol. The van der Waals surface area contributed by atoms with Crippen LogP contribution in [0.5, 0.6) is 0 Å². The summed E-state index contributed by atoms with van der Waals surface area (Å²) in [6, 6.07) is 15.2. The molecule has 2 rings (SSSR count). The van der Waals surface area contributed by atoms with Gasteiger partial charge in [-0.1, -0.05) is 6.07 Å². The molecule has 0 spiro atoms. The van der Waals surface area contributed by atoms with Gasteiger partial charge in [0.25, 0.3) is 0 Å². The molecule has 4 heteroatoms. The summed E-state index contributed by atoms with van der Waals surface area (Å²) >= 11 is 3.51. The van der Waals surface area contributed by atoms with Crippen molar-refractivity contribution in [1.82, 2.24) is 0 Å². The third-order valence-corrected chi connectivity index (χ3v) is 3.57. The Hall–Kier alpha value is -1.83. The topological polar surface area (TPSA) is 47.3 Å². The molecule has 0 amide bonds. The molecule has 0 heterocycles. The minimum atomic E-state index is 0.0272. The van der Waals surface area contributed by atoms with Crippen molar-refractivity contribution in [1.29, 1.82) is 5.26 Å². The SMILES string of the molecule is CN(c1ccc(C#N)cc1)c1ccc(CO)cc1Br. The summed E-state index contributed by atoms with van der Waals surface area (Å²) in [7, 11) is 1.96. The molecule has 0 saturated heterocycles. The van der Waals surface area contributed by atoms with Gasteiger partial charge in [0, 0.05) is 17.2 Å². The molecule has 0 radical (unpaired) electrons. The van der Waals surface area contributed by atoms with E-state index in [2.05, 4.69) is 22.0 Å². The zero-order chi connectivity index (χ0) is 13.8. The van der Waals surface area contributed by atoms with Crippen LogP contribution in [0.3, 0.4) is 0 Å². The first-order valence-electron chi connectivity index (χ1n) is 5.79. The molecule has 3 nitrogen and oxygen atoms in total. The van der Waals surface area contributed by atoms with Crippen LogP contribution in [-0.4, -0.2) is 12.2 Å². The quantitative estimate of drug-likeness (QED) is 0.941. The number of rotatable bonds is 3. The smallest absolute Gasteiger partial charge is 0.0991 e. The van der Waals surface area contributed by atoms with Gasteiger partial charge in [0.2, 0.25) is 0 Å². The van der Waals surface area contributed by atoms with E-state index in [4.69, 9.17) is 10.4 Å². The maximum atomic E-state index is 9.10. The van der Waals surface area contributed by atoms with Crippen molar-refractivity contribution < 1.29 is 5.11 Å². The van der Waals surface area contributed by atoms with Crippen molar-refractivity contribution in [3.63, 3.8) is 0 Å². The van der Waals surface area contributed by atoms with Crippen LogP contribution in [0.4, 0.5) is 11.4 Å². The van der Waals surface area contributed by atoms with Crippen LogP contribution in [0.15, 0.2) is 46.9 Å². The van der Waals surface area contributed by atoms with E-state index in [-0.39, 0.29) is 6.61 Å². The van der Waals surface area contributed by atoms with E-state index in [1.807, 2.05) is 42.3 Å². The van der Waals surface area contributed by atoms with E-state index in [1.165, 1.54) is 0 Å². The Morgan fingerprint density at radius 3 is 2.42 bits per heavy atom. The third-order valence-electron chi connectivity index (χ3n) is 2.94. The number of hydrogen-bond donors (Lipinski definition) is 1. The Balaban J connectivity index is 2.32. The highest BCUT2D eigenvalue weighted by Crippen LogP contribution is 2.31. The number of hydrogen-bond acceptors (Lipinski definition) is 3. The van der Waals surface area contributed by atoms with Crippen molar-refractivity contribution in [3.05, 3.63) is 58.1 Å². The van der Waals surface area contributed by atoms with Crippen LogP contribution in [0.2, 0.25) is 0 Å². The molecule has 96 valence electrons. The Morgan fingerprint density at radius 1 is 1.21 bits per heavy atom. The van der Waals surface area contributed by atoms with E-state index in [0.717, 1.165) is 21.4 Å². The third kappa shape index (κ3) is 2.95. The summed E-state index contributed by atoms with van der Waals surface area (Å²) in [6.07, 6.45) is 0. The van der Waals surface area contributed by atoms with Crippen molar-refractivity contribution >= 4 is 27.3 Å². The Bertz CT molecular complexity index is 617. The van der Waals surface area contributed by atoms with Gasteiger partial charge in [-0.15, -0.1) is 0 Å². The van der Waals surface area contributed by atoms with E-state index < -0.39 is 0 Å². The second-order valence-electron chi connectivity index (χ2n) is 4.16. The van der Waals surface area contributed by atoms with Crippen LogP contribution in [-0.2, 0) is 6.61 Å². The molecule has 0 unspecified atom stereocenters. The zero-order valence-corrected chi connectivity index (χ0v) is 12.1. The Morgan fingerprint density at radius 2 is 1.89 bits per heavy atom. The highest BCUT2D eigenvalue weighted by Gasteiger charge is 2.08. The molecule has 2 aromatic carbocycles. The molecule has 1 N–H and O–H groups in total. The predicted molar refractivity (Wildman–Crippen MR) is 79.3 cm³/mol. The fourth-order valence-corrected chi connectivity index (χ4v) is 2.51. The minimum absolute atomic E-state index is 0.0272. The van der Waals surface area contributed by atoms with Crippen molar-refractivity contribution in [2.24, 2.45) is 0 Å². The van der Waals surface area contributed by atoms with Crippen LogP contribution in [0, 0.1) is 11.3 Å². The van der Waals surface area contributed by atoms with Gasteiger partial charge in [0.1, 0.15) is 0 Å². The fraction of sp³-hybridized carbons (Fsp3) is 0.133. The second-order valence-corrected chi connectivity index (χ2v) is 5.02. The van der Waals surface area contributed by atoms with Gasteiger partial charge in [-0.25, -0.2) is 0 Å². The summed E-state index contributed by atoms with van der Waals surface area (Å²) in [6.45, 7) is 0.0272. The first-order valence-corrected chi connectivity index (χ1v) is 6.58. The molecule has 0 saturated carbocycles. The lowest BCUT2D eigenvalue weighted by Gasteiger charge is -2.21. The average molecular weight is 317 g/mol. The first kappa shape index (κ1) is 13.6. The molecule has 0 fully saturated rings. The van der Waals surface area contributed by atoms with Crippen molar-refractivity contribution in [2.75, 3.05) is 11.9 Å². The lowest BCUT2D eigenvalue weighted by molar-refractivity contribution is 0.282. The van der Waals surface area contributed by atoms with Gasteiger partial charge in [-0.3, -0.25) is 0 Å². The average Bonchev–Trinajstić information content (AvgIpc) is 2.46. The van der Waals surface area contributed by atoms with Crippen LogP contribution >= 0.6 is 15.9 Å². The number of aliphatic hydroxyl groups excluding tert-OH is 1. The number of nitriles is 1. The normalized spacial score (nSPS) is 10.0.